The van der Waals surface area contributed by atoms with Crippen molar-refractivity contribution in [3.8, 4) is 5.75 Å². The highest BCUT2D eigenvalue weighted by Crippen LogP contribution is 2.21. The van der Waals surface area contributed by atoms with E-state index in [4.69, 9.17) is 15.2 Å². The number of hydrogen-bond donors (Lipinski definition) is 1. The van der Waals surface area contributed by atoms with E-state index in [9.17, 15) is 4.79 Å². The van der Waals surface area contributed by atoms with Crippen molar-refractivity contribution < 1.29 is 14.3 Å². The Bertz CT molecular complexity index is 433. The van der Waals surface area contributed by atoms with Crippen LogP contribution in [0.15, 0.2) is 18.2 Å². The van der Waals surface area contributed by atoms with Gasteiger partial charge in [0.25, 0.3) is 5.91 Å². The molecule has 0 spiro atoms. The zero-order chi connectivity index (χ0) is 14.4. The molecule has 2 N–H and O–H groups in total. The molecule has 0 unspecified atom stereocenters. The summed E-state index contributed by atoms with van der Waals surface area (Å²) < 4.78 is 10.1. The molecule has 106 valence electrons. The molecule has 0 fully saturated rings. The second-order valence-electron chi connectivity index (χ2n) is 4.54. The fourth-order valence-corrected chi connectivity index (χ4v) is 1.80. The molecule has 0 aliphatic carbocycles. The molecule has 0 aromatic heterocycles. The second-order valence-corrected chi connectivity index (χ2v) is 4.54. The predicted octanol–water partition coefficient (Wildman–Crippen LogP) is 1.77. The van der Waals surface area contributed by atoms with Gasteiger partial charge >= 0.3 is 0 Å². The van der Waals surface area contributed by atoms with Crippen molar-refractivity contribution in [1.29, 1.82) is 0 Å². The number of nitrogens with two attached hydrogens (primary N) is 1. The van der Waals surface area contributed by atoms with E-state index < -0.39 is 0 Å². The van der Waals surface area contributed by atoms with E-state index in [2.05, 4.69) is 0 Å². The normalized spacial score (nSPS) is 10.6. The number of rotatable bonds is 6. The Morgan fingerprint density at radius 3 is 2.53 bits per heavy atom. The fourth-order valence-electron chi connectivity index (χ4n) is 1.80. The molecule has 1 aromatic rings. The summed E-state index contributed by atoms with van der Waals surface area (Å²) in [6, 6.07) is 5.17. The van der Waals surface area contributed by atoms with Crippen LogP contribution in [0.5, 0.6) is 5.75 Å². The van der Waals surface area contributed by atoms with Crippen molar-refractivity contribution in [3.05, 3.63) is 23.8 Å². The molecule has 5 nitrogen and oxygen atoms in total. The number of carbonyl (C=O) groups is 1. The van der Waals surface area contributed by atoms with Crippen molar-refractivity contribution >= 4 is 11.6 Å². The van der Waals surface area contributed by atoms with Gasteiger partial charge in [-0.25, -0.2) is 0 Å². The van der Waals surface area contributed by atoms with Gasteiger partial charge in [0.05, 0.1) is 19.3 Å². The molecule has 1 aromatic carbocycles. The number of anilines is 1. The van der Waals surface area contributed by atoms with Gasteiger partial charge in [-0.1, -0.05) is 0 Å². The first-order valence-electron chi connectivity index (χ1n) is 6.24. The lowest BCUT2D eigenvalue weighted by molar-refractivity contribution is 0.0636. The minimum atomic E-state index is -0.0906. The van der Waals surface area contributed by atoms with Crippen molar-refractivity contribution in [1.82, 2.24) is 4.90 Å². The van der Waals surface area contributed by atoms with Gasteiger partial charge in [0.1, 0.15) is 5.75 Å². The molecular weight excluding hydrogens is 244 g/mol. The third-order valence-electron chi connectivity index (χ3n) is 2.91. The van der Waals surface area contributed by atoms with Crippen LogP contribution in [0.3, 0.4) is 0 Å². The van der Waals surface area contributed by atoms with Gasteiger partial charge in [-0.3, -0.25) is 4.79 Å². The highest BCUT2D eigenvalue weighted by molar-refractivity contribution is 5.99. The summed E-state index contributed by atoms with van der Waals surface area (Å²) in [5.41, 5.74) is 6.82. The zero-order valence-corrected chi connectivity index (χ0v) is 12.0. The summed E-state index contributed by atoms with van der Waals surface area (Å²) >= 11 is 0. The maximum absolute atomic E-state index is 12.5. The molecule has 0 atom stereocenters. The lowest BCUT2D eigenvalue weighted by Crippen LogP contribution is -2.39. The van der Waals surface area contributed by atoms with Gasteiger partial charge in [0.2, 0.25) is 0 Å². The number of nitrogen functional groups attached to an aromatic ring is 1. The Balaban J connectivity index is 2.96. The van der Waals surface area contributed by atoms with Crippen molar-refractivity contribution in [2.75, 3.05) is 33.1 Å². The molecule has 19 heavy (non-hydrogen) atoms. The van der Waals surface area contributed by atoms with Gasteiger partial charge in [-0.15, -0.1) is 0 Å². The number of methoxy groups -OCH3 is 2. The van der Waals surface area contributed by atoms with Gasteiger partial charge in [-0.2, -0.15) is 0 Å². The summed E-state index contributed by atoms with van der Waals surface area (Å²) in [6.45, 7) is 4.97. The Hall–Kier alpha value is -1.75. The Morgan fingerprint density at radius 2 is 2.05 bits per heavy atom. The lowest BCUT2D eigenvalue weighted by atomic mass is 10.1. The van der Waals surface area contributed by atoms with E-state index in [1.54, 1.807) is 37.3 Å². The molecule has 0 bridgehead atoms. The lowest BCUT2D eigenvalue weighted by Gasteiger charge is -2.27. The summed E-state index contributed by atoms with van der Waals surface area (Å²) in [5, 5.41) is 0. The first-order chi connectivity index (χ1) is 9.01. The first-order valence-corrected chi connectivity index (χ1v) is 6.24. The summed E-state index contributed by atoms with van der Waals surface area (Å²) in [4.78, 5) is 14.2. The number of benzene rings is 1. The second kappa shape index (κ2) is 6.99. The smallest absolute Gasteiger partial charge is 0.256 e. The number of hydrogen-bond acceptors (Lipinski definition) is 4. The maximum Gasteiger partial charge on any atom is 0.256 e. The maximum atomic E-state index is 12.5. The minimum Gasteiger partial charge on any atom is -0.497 e. The van der Waals surface area contributed by atoms with E-state index in [1.165, 1.54) is 0 Å². The molecule has 5 heteroatoms. The van der Waals surface area contributed by atoms with Gasteiger partial charge in [0, 0.05) is 31.5 Å². The van der Waals surface area contributed by atoms with Crippen molar-refractivity contribution in [2.45, 2.75) is 19.9 Å². The average Bonchev–Trinajstić information content (AvgIpc) is 2.38. The summed E-state index contributed by atoms with van der Waals surface area (Å²) in [5.74, 6) is 0.550. The SMILES string of the molecule is COCCN(C(=O)c1ccc(OC)cc1N)C(C)C. The van der Waals surface area contributed by atoms with Crippen LogP contribution in [0, 0.1) is 0 Å². The molecule has 1 rings (SSSR count). The third kappa shape index (κ3) is 3.86. The zero-order valence-electron chi connectivity index (χ0n) is 12.0. The average molecular weight is 266 g/mol. The van der Waals surface area contributed by atoms with E-state index in [1.807, 2.05) is 13.8 Å². The standard InChI is InChI=1S/C14H22N2O3/c1-10(2)16(7-8-18-3)14(17)12-6-5-11(19-4)9-13(12)15/h5-6,9-10H,7-8,15H2,1-4H3. The van der Waals surface area contributed by atoms with Crippen molar-refractivity contribution in [2.24, 2.45) is 0 Å². The van der Waals surface area contributed by atoms with Crippen LogP contribution in [-0.2, 0) is 4.74 Å². The number of amides is 1. The van der Waals surface area contributed by atoms with Gasteiger partial charge in [0.15, 0.2) is 0 Å². The highest BCUT2D eigenvalue weighted by Gasteiger charge is 2.20. The topological polar surface area (TPSA) is 64.8 Å². The Morgan fingerprint density at radius 1 is 1.37 bits per heavy atom. The van der Waals surface area contributed by atoms with Crippen LogP contribution >= 0.6 is 0 Å². The summed E-state index contributed by atoms with van der Waals surface area (Å²) in [7, 11) is 3.18. The van der Waals surface area contributed by atoms with Crippen LogP contribution in [0.2, 0.25) is 0 Å². The minimum absolute atomic E-state index is 0.0872. The highest BCUT2D eigenvalue weighted by atomic mass is 16.5. The molecule has 0 saturated carbocycles. The fraction of sp³-hybridized carbons (Fsp3) is 0.500. The molecule has 0 saturated heterocycles. The molecular formula is C14H22N2O3. The molecule has 0 aliphatic rings. The van der Waals surface area contributed by atoms with Crippen LogP contribution in [0.4, 0.5) is 5.69 Å². The van der Waals surface area contributed by atoms with Crippen molar-refractivity contribution in [3.63, 3.8) is 0 Å². The predicted molar refractivity (Wildman–Crippen MR) is 75.5 cm³/mol. The van der Waals surface area contributed by atoms with E-state index >= 15 is 0 Å². The first kappa shape index (κ1) is 15.3. The molecule has 0 radical (unpaired) electrons. The number of carbonyl (C=O) groups excluding carboxylic acids is 1. The molecule has 0 aliphatic heterocycles. The molecule has 1 amide bonds. The van der Waals surface area contributed by atoms with Crippen LogP contribution in [0.25, 0.3) is 0 Å². The quantitative estimate of drug-likeness (QED) is 0.797. The Kier molecular flexibility index (Phi) is 5.63. The number of nitrogens with zero attached hydrogens (tertiary/aromatic N) is 1. The largest absolute Gasteiger partial charge is 0.497 e. The summed E-state index contributed by atoms with van der Waals surface area (Å²) in [6.07, 6.45) is 0. The van der Waals surface area contributed by atoms with Crippen LogP contribution in [0.1, 0.15) is 24.2 Å². The van der Waals surface area contributed by atoms with E-state index in [0.717, 1.165) is 0 Å². The molecule has 0 heterocycles. The number of ether oxygens (including phenoxy) is 2. The third-order valence-corrected chi connectivity index (χ3v) is 2.91. The monoisotopic (exact) mass is 266 g/mol. The van der Waals surface area contributed by atoms with Crippen LogP contribution < -0.4 is 10.5 Å². The van der Waals surface area contributed by atoms with E-state index in [-0.39, 0.29) is 11.9 Å². The van der Waals surface area contributed by atoms with Gasteiger partial charge in [-0.05, 0) is 26.0 Å². The van der Waals surface area contributed by atoms with E-state index in [0.29, 0.717) is 30.2 Å². The van der Waals surface area contributed by atoms with Gasteiger partial charge < -0.3 is 20.1 Å². The van der Waals surface area contributed by atoms with Crippen LogP contribution in [-0.4, -0.2) is 44.2 Å². The Labute approximate surface area is 114 Å².